The molecule has 0 heterocycles. The smallest absolute Gasteiger partial charge is 0.225 e. The molecule has 0 spiro atoms. The number of nitrogens with zero attached hydrogens (tertiary/aromatic N) is 1. The Kier molecular flexibility index (Phi) is 2.49. The molecule has 0 bridgehead atoms. The van der Waals surface area contributed by atoms with Crippen LogP contribution in [0.25, 0.3) is 0 Å². The van der Waals surface area contributed by atoms with Crippen molar-refractivity contribution in [3.8, 4) is 0 Å². The molecule has 0 aromatic heterocycles. The second kappa shape index (κ2) is 3.22. The third kappa shape index (κ3) is 1.93. The van der Waals surface area contributed by atoms with Crippen LogP contribution < -0.4 is 5.73 Å². The van der Waals surface area contributed by atoms with Crippen LogP contribution in [0.4, 0.5) is 0 Å². The Labute approximate surface area is 67.5 Å². The summed E-state index contributed by atoms with van der Waals surface area (Å²) < 4.78 is 0. The van der Waals surface area contributed by atoms with E-state index < -0.39 is 0 Å². The highest BCUT2D eigenvalue weighted by Gasteiger charge is 2.28. The van der Waals surface area contributed by atoms with Crippen molar-refractivity contribution < 1.29 is 4.79 Å². The summed E-state index contributed by atoms with van der Waals surface area (Å²) in [6.07, 6.45) is 2.85. The predicted octanol–water partition coefficient (Wildman–Crippen LogP) is 0.202. The SMILES string of the molecule is CN(C)C(=O)C1CCC(N)C1. The molecule has 0 radical (unpaired) electrons. The molecular formula is C8H16N2O. The van der Waals surface area contributed by atoms with Gasteiger partial charge in [-0.3, -0.25) is 4.79 Å². The first-order valence-corrected chi connectivity index (χ1v) is 4.08. The standard InChI is InChI=1S/C8H16N2O/c1-10(2)8(11)6-3-4-7(9)5-6/h6-7H,3-5,9H2,1-2H3. The first kappa shape index (κ1) is 8.53. The number of carbonyl (C=O) groups is 1. The monoisotopic (exact) mass is 156 g/mol. The molecule has 1 amide bonds. The number of hydrogen-bond donors (Lipinski definition) is 1. The summed E-state index contributed by atoms with van der Waals surface area (Å²) in [6.45, 7) is 0. The Morgan fingerprint density at radius 1 is 1.45 bits per heavy atom. The van der Waals surface area contributed by atoms with E-state index >= 15 is 0 Å². The van der Waals surface area contributed by atoms with Crippen LogP contribution in [0.5, 0.6) is 0 Å². The summed E-state index contributed by atoms with van der Waals surface area (Å²) in [5.74, 6) is 0.429. The van der Waals surface area contributed by atoms with Crippen LogP contribution in [0.1, 0.15) is 19.3 Å². The highest BCUT2D eigenvalue weighted by Crippen LogP contribution is 2.25. The zero-order chi connectivity index (χ0) is 8.43. The maximum absolute atomic E-state index is 11.4. The van der Waals surface area contributed by atoms with Gasteiger partial charge < -0.3 is 10.6 Å². The first-order chi connectivity index (χ1) is 5.11. The van der Waals surface area contributed by atoms with Gasteiger partial charge in [0.2, 0.25) is 5.91 Å². The van der Waals surface area contributed by atoms with E-state index in [-0.39, 0.29) is 17.9 Å². The Morgan fingerprint density at radius 3 is 2.45 bits per heavy atom. The second-order valence-electron chi connectivity index (χ2n) is 3.50. The lowest BCUT2D eigenvalue weighted by molar-refractivity contribution is -0.132. The zero-order valence-electron chi connectivity index (χ0n) is 7.21. The van der Waals surface area contributed by atoms with E-state index in [1.54, 1.807) is 19.0 Å². The van der Waals surface area contributed by atoms with Gasteiger partial charge in [-0.1, -0.05) is 0 Å². The van der Waals surface area contributed by atoms with Crippen molar-refractivity contribution >= 4 is 5.91 Å². The lowest BCUT2D eigenvalue weighted by Crippen LogP contribution is -2.29. The van der Waals surface area contributed by atoms with Crippen LogP contribution in [-0.4, -0.2) is 30.9 Å². The summed E-state index contributed by atoms with van der Waals surface area (Å²) in [4.78, 5) is 13.0. The lowest BCUT2D eigenvalue weighted by Gasteiger charge is -2.15. The van der Waals surface area contributed by atoms with Crippen LogP contribution in [0, 0.1) is 5.92 Å². The van der Waals surface area contributed by atoms with E-state index in [0.29, 0.717) is 0 Å². The van der Waals surface area contributed by atoms with Gasteiger partial charge in [-0.05, 0) is 19.3 Å². The largest absolute Gasteiger partial charge is 0.349 e. The quantitative estimate of drug-likeness (QED) is 0.589. The van der Waals surface area contributed by atoms with Crippen LogP contribution in [0.2, 0.25) is 0 Å². The molecule has 3 nitrogen and oxygen atoms in total. The van der Waals surface area contributed by atoms with Gasteiger partial charge in [0.15, 0.2) is 0 Å². The molecule has 11 heavy (non-hydrogen) atoms. The fourth-order valence-electron chi connectivity index (χ4n) is 1.61. The topological polar surface area (TPSA) is 46.3 Å². The van der Waals surface area contributed by atoms with Gasteiger partial charge in [0, 0.05) is 26.1 Å². The predicted molar refractivity (Wildman–Crippen MR) is 44.0 cm³/mol. The fraction of sp³-hybridized carbons (Fsp3) is 0.875. The van der Waals surface area contributed by atoms with E-state index in [4.69, 9.17) is 5.73 Å². The highest BCUT2D eigenvalue weighted by atomic mass is 16.2. The lowest BCUT2D eigenvalue weighted by atomic mass is 10.1. The Balaban J connectivity index is 2.43. The van der Waals surface area contributed by atoms with E-state index in [9.17, 15) is 4.79 Å². The molecule has 1 rings (SSSR count). The van der Waals surface area contributed by atoms with Crippen molar-refractivity contribution in [3.05, 3.63) is 0 Å². The van der Waals surface area contributed by atoms with Crippen LogP contribution in [-0.2, 0) is 4.79 Å². The second-order valence-corrected chi connectivity index (χ2v) is 3.50. The average Bonchev–Trinajstić information content (AvgIpc) is 2.34. The summed E-state index contributed by atoms with van der Waals surface area (Å²) >= 11 is 0. The fourth-order valence-corrected chi connectivity index (χ4v) is 1.61. The number of amides is 1. The molecule has 64 valence electrons. The molecule has 0 aromatic rings. The molecule has 1 aliphatic carbocycles. The summed E-state index contributed by atoms with van der Waals surface area (Å²) in [7, 11) is 3.60. The van der Waals surface area contributed by atoms with Crippen molar-refractivity contribution in [2.24, 2.45) is 11.7 Å². The minimum Gasteiger partial charge on any atom is -0.349 e. The minimum atomic E-state index is 0.194. The van der Waals surface area contributed by atoms with Gasteiger partial charge >= 0.3 is 0 Å². The minimum absolute atomic E-state index is 0.194. The van der Waals surface area contributed by atoms with E-state index in [2.05, 4.69) is 0 Å². The molecular weight excluding hydrogens is 140 g/mol. The number of nitrogens with two attached hydrogens (primary N) is 1. The van der Waals surface area contributed by atoms with Crippen molar-refractivity contribution in [2.75, 3.05) is 14.1 Å². The average molecular weight is 156 g/mol. The Hall–Kier alpha value is -0.570. The molecule has 2 atom stereocenters. The van der Waals surface area contributed by atoms with Gasteiger partial charge in [0.1, 0.15) is 0 Å². The summed E-state index contributed by atoms with van der Waals surface area (Å²) in [5.41, 5.74) is 5.69. The number of rotatable bonds is 1. The molecule has 1 fully saturated rings. The normalized spacial score (nSPS) is 30.5. The first-order valence-electron chi connectivity index (χ1n) is 4.08. The van der Waals surface area contributed by atoms with Crippen molar-refractivity contribution in [3.63, 3.8) is 0 Å². The molecule has 0 saturated heterocycles. The maximum Gasteiger partial charge on any atom is 0.225 e. The van der Waals surface area contributed by atoms with Gasteiger partial charge in [0.25, 0.3) is 0 Å². The zero-order valence-corrected chi connectivity index (χ0v) is 7.21. The van der Waals surface area contributed by atoms with Crippen LogP contribution in [0.15, 0.2) is 0 Å². The van der Waals surface area contributed by atoms with E-state index in [0.717, 1.165) is 19.3 Å². The Morgan fingerprint density at radius 2 is 2.09 bits per heavy atom. The highest BCUT2D eigenvalue weighted by molar-refractivity contribution is 5.78. The van der Waals surface area contributed by atoms with Crippen LogP contribution in [0.3, 0.4) is 0 Å². The van der Waals surface area contributed by atoms with Crippen LogP contribution >= 0.6 is 0 Å². The molecule has 2 N–H and O–H groups in total. The third-order valence-corrected chi connectivity index (χ3v) is 2.26. The number of hydrogen-bond acceptors (Lipinski definition) is 2. The third-order valence-electron chi connectivity index (χ3n) is 2.26. The molecule has 1 aliphatic rings. The maximum atomic E-state index is 11.4. The van der Waals surface area contributed by atoms with Crippen molar-refractivity contribution in [1.82, 2.24) is 4.90 Å². The van der Waals surface area contributed by atoms with Crippen molar-refractivity contribution in [1.29, 1.82) is 0 Å². The number of carbonyl (C=O) groups excluding carboxylic acids is 1. The molecule has 0 aromatic carbocycles. The summed E-state index contributed by atoms with van der Waals surface area (Å²) in [6, 6.07) is 0.254. The summed E-state index contributed by atoms with van der Waals surface area (Å²) in [5, 5.41) is 0. The van der Waals surface area contributed by atoms with Gasteiger partial charge in [0.05, 0.1) is 0 Å². The molecule has 0 aliphatic heterocycles. The van der Waals surface area contributed by atoms with Gasteiger partial charge in [-0.15, -0.1) is 0 Å². The molecule has 2 unspecified atom stereocenters. The van der Waals surface area contributed by atoms with E-state index in [1.807, 2.05) is 0 Å². The van der Waals surface area contributed by atoms with Crippen molar-refractivity contribution in [2.45, 2.75) is 25.3 Å². The molecule has 3 heteroatoms. The van der Waals surface area contributed by atoms with Gasteiger partial charge in [-0.25, -0.2) is 0 Å². The Bertz CT molecular complexity index is 156. The molecule has 1 saturated carbocycles. The van der Waals surface area contributed by atoms with E-state index in [1.165, 1.54) is 0 Å². The van der Waals surface area contributed by atoms with Gasteiger partial charge in [-0.2, -0.15) is 0 Å².